The molecule has 1 saturated heterocycles. The molecule has 0 saturated carbocycles. The Balaban J connectivity index is 2.05. The number of nitrogens with zero attached hydrogens (tertiary/aromatic N) is 1. The first kappa shape index (κ1) is 14.5. The van der Waals surface area contributed by atoms with Crippen molar-refractivity contribution in [2.24, 2.45) is 0 Å². The molecule has 19 heavy (non-hydrogen) atoms. The number of aliphatic hydroxyl groups excluding tert-OH is 1. The number of hydrogen-bond acceptors (Lipinski definition) is 4. The fourth-order valence-electron chi connectivity index (χ4n) is 2.19. The molecule has 1 aliphatic rings. The van der Waals surface area contributed by atoms with Gasteiger partial charge in [0.15, 0.2) is 0 Å². The van der Waals surface area contributed by atoms with Gasteiger partial charge in [0.25, 0.3) is 0 Å². The van der Waals surface area contributed by atoms with Gasteiger partial charge >= 0.3 is 0 Å². The summed E-state index contributed by atoms with van der Waals surface area (Å²) in [6, 6.07) is 6.33. The second kappa shape index (κ2) is 6.00. The molecular formula is C13H20N2O3S. The molecule has 0 atom stereocenters. The molecule has 0 spiro atoms. The van der Waals surface area contributed by atoms with E-state index in [4.69, 9.17) is 5.11 Å². The lowest BCUT2D eigenvalue weighted by molar-refractivity contribution is 0.248. The molecule has 1 heterocycles. The Bertz CT molecular complexity index is 505. The Hall–Kier alpha value is -0.950. The first-order valence-electron chi connectivity index (χ1n) is 6.42. The fraction of sp³-hybridized carbons (Fsp3) is 0.538. The highest BCUT2D eigenvalue weighted by atomic mass is 32.2. The van der Waals surface area contributed by atoms with Gasteiger partial charge in [-0.3, -0.25) is 0 Å². The zero-order chi connectivity index (χ0) is 13.9. The van der Waals surface area contributed by atoms with Gasteiger partial charge in [-0.2, -0.15) is 0 Å². The van der Waals surface area contributed by atoms with Gasteiger partial charge in [0, 0.05) is 6.04 Å². The molecule has 106 valence electrons. The minimum atomic E-state index is -3.45. The molecule has 1 aromatic rings. The van der Waals surface area contributed by atoms with E-state index in [1.54, 1.807) is 12.1 Å². The standard InChI is InChI=1S/C13H20N2O3S/c1-15-8-6-12(7-9-15)14-19(17,18)13-4-2-11(10-16)3-5-13/h2-5,12,14,16H,6-10H2,1H3. The summed E-state index contributed by atoms with van der Waals surface area (Å²) in [4.78, 5) is 2.45. The van der Waals surface area contributed by atoms with Crippen LogP contribution in [0.1, 0.15) is 18.4 Å². The molecule has 0 bridgehead atoms. The van der Waals surface area contributed by atoms with Crippen LogP contribution in [-0.4, -0.2) is 44.6 Å². The molecule has 5 nitrogen and oxygen atoms in total. The van der Waals surface area contributed by atoms with Crippen molar-refractivity contribution in [2.75, 3.05) is 20.1 Å². The first-order valence-corrected chi connectivity index (χ1v) is 7.90. The number of nitrogens with one attached hydrogen (secondary N) is 1. The molecule has 0 aliphatic carbocycles. The number of likely N-dealkylation sites (tertiary alicyclic amines) is 1. The molecular weight excluding hydrogens is 264 g/mol. The normalized spacial score (nSPS) is 18.6. The number of sulfonamides is 1. The van der Waals surface area contributed by atoms with Crippen molar-refractivity contribution < 1.29 is 13.5 Å². The monoisotopic (exact) mass is 284 g/mol. The summed E-state index contributed by atoms with van der Waals surface area (Å²) in [7, 11) is -1.41. The van der Waals surface area contributed by atoms with Crippen LogP contribution in [0.3, 0.4) is 0 Å². The lowest BCUT2D eigenvalue weighted by Crippen LogP contribution is -2.43. The van der Waals surface area contributed by atoms with Gasteiger partial charge in [0.2, 0.25) is 10.0 Å². The van der Waals surface area contributed by atoms with E-state index in [1.165, 1.54) is 12.1 Å². The third-order valence-corrected chi connectivity index (χ3v) is 4.99. The predicted octanol–water partition coefficient (Wildman–Crippen LogP) is 0.551. The maximum atomic E-state index is 12.2. The summed E-state index contributed by atoms with van der Waals surface area (Å²) in [5.74, 6) is 0. The smallest absolute Gasteiger partial charge is 0.240 e. The largest absolute Gasteiger partial charge is 0.392 e. The highest BCUT2D eigenvalue weighted by Gasteiger charge is 2.23. The number of hydrogen-bond donors (Lipinski definition) is 2. The van der Waals surface area contributed by atoms with E-state index in [1.807, 2.05) is 7.05 Å². The Labute approximate surface area is 114 Å². The van der Waals surface area contributed by atoms with E-state index < -0.39 is 10.0 Å². The van der Waals surface area contributed by atoms with Crippen LogP contribution in [0.4, 0.5) is 0 Å². The van der Waals surface area contributed by atoms with Crippen LogP contribution in [0.2, 0.25) is 0 Å². The van der Waals surface area contributed by atoms with Gasteiger partial charge in [0.05, 0.1) is 11.5 Å². The zero-order valence-electron chi connectivity index (χ0n) is 11.0. The maximum absolute atomic E-state index is 12.2. The van der Waals surface area contributed by atoms with Crippen molar-refractivity contribution in [3.63, 3.8) is 0 Å². The summed E-state index contributed by atoms with van der Waals surface area (Å²) < 4.78 is 27.1. The molecule has 1 aliphatic heterocycles. The molecule has 6 heteroatoms. The van der Waals surface area contributed by atoms with Gasteiger partial charge in [-0.1, -0.05) is 12.1 Å². The van der Waals surface area contributed by atoms with Crippen LogP contribution in [0.5, 0.6) is 0 Å². The Morgan fingerprint density at radius 2 is 1.84 bits per heavy atom. The van der Waals surface area contributed by atoms with Crippen LogP contribution >= 0.6 is 0 Å². The van der Waals surface area contributed by atoms with Gasteiger partial charge in [0.1, 0.15) is 0 Å². The summed E-state index contributed by atoms with van der Waals surface area (Å²) in [5.41, 5.74) is 0.707. The molecule has 2 N–H and O–H groups in total. The topological polar surface area (TPSA) is 69.6 Å². The van der Waals surface area contributed by atoms with E-state index in [2.05, 4.69) is 9.62 Å². The van der Waals surface area contributed by atoms with Crippen LogP contribution in [0.15, 0.2) is 29.2 Å². The first-order chi connectivity index (χ1) is 9.01. The van der Waals surface area contributed by atoms with Crippen molar-refractivity contribution in [3.05, 3.63) is 29.8 Å². The highest BCUT2D eigenvalue weighted by Crippen LogP contribution is 2.15. The molecule has 0 unspecified atom stereocenters. The minimum absolute atomic E-state index is 0.0127. The van der Waals surface area contributed by atoms with Crippen LogP contribution in [0.25, 0.3) is 0 Å². The van der Waals surface area contributed by atoms with Crippen molar-refractivity contribution in [1.29, 1.82) is 0 Å². The summed E-state index contributed by atoms with van der Waals surface area (Å²) in [5, 5.41) is 8.95. The van der Waals surface area contributed by atoms with E-state index in [0.29, 0.717) is 5.56 Å². The van der Waals surface area contributed by atoms with E-state index in [9.17, 15) is 8.42 Å². The van der Waals surface area contributed by atoms with Crippen molar-refractivity contribution in [2.45, 2.75) is 30.4 Å². The molecule has 0 amide bonds. The third-order valence-electron chi connectivity index (χ3n) is 3.46. The van der Waals surface area contributed by atoms with E-state index >= 15 is 0 Å². The fourth-order valence-corrected chi connectivity index (χ4v) is 3.49. The van der Waals surface area contributed by atoms with Crippen LogP contribution in [0, 0.1) is 0 Å². The second-order valence-corrected chi connectivity index (χ2v) is 6.71. The van der Waals surface area contributed by atoms with Gasteiger partial charge in [-0.05, 0) is 50.7 Å². The summed E-state index contributed by atoms with van der Waals surface area (Å²) >= 11 is 0. The number of aliphatic hydroxyl groups is 1. The van der Waals surface area contributed by atoms with Crippen molar-refractivity contribution in [1.82, 2.24) is 9.62 Å². The van der Waals surface area contributed by atoms with Crippen molar-refractivity contribution in [3.8, 4) is 0 Å². The number of piperidine rings is 1. The van der Waals surface area contributed by atoms with E-state index in [0.717, 1.165) is 25.9 Å². The Kier molecular flexibility index (Phi) is 4.57. The lowest BCUT2D eigenvalue weighted by Gasteiger charge is -2.29. The molecule has 0 radical (unpaired) electrons. The third kappa shape index (κ3) is 3.76. The molecule has 1 fully saturated rings. The second-order valence-electron chi connectivity index (χ2n) is 5.00. The number of rotatable bonds is 4. The lowest BCUT2D eigenvalue weighted by atomic mass is 10.1. The average molecular weight is 284 g/mol. The predicted molar refractivity (Wildman–Crippen MR) is 73.2 cm³/mol. The Morgan fingerprint density at radius 1 is 1.26 bits per heavy atom. The van der Waals surface area contributed by atoms with Crippen molar-refractivity contribution >= 4 is 10.0 Å². The van der Waals surface area contributed by atoms with Crippen LogP contribution in [-0.2, 0) is 16.6 Å². The summed E-state index contributed by atoms with van der Waals surface area (Å²) in [6.45, 7) is 1.75. The SMILES string of the molecule is CN1CCC(NS(=O)(=O)c2ccc(CO)cc2)CC1. The zero-order valence-corrected chi connectivity index (χ0v) is 11.9. The highest BCUT2D eigenvalue weighted by molar-refractivity contribution is 7.89. The van der Waals surface area contributed by atoms with Gasteiger partial charge in [-0.15, -0.1) is 0 Å². The Morgan fingerprint density at radius 3 is 2.37 bits per heavy atom. The number of benzene rings is 1. The minimum Gasteiger partial charge on any atom is -0.392 e. The van der Waals surface area contributed by atoms with Gasteiger partial charge in [-0.25, -0.2) is 13.1 Å². The quantitative estimate of drug-likeness (QED) is 0.847. The average Bonchev–Trinajstić information content (AvgIpc) is 2.41. The van der Waals surface area contributed by atoms with E-state index in [-0.39, 0.29) is 17.5 Å². The molecule has 0 aromatic heterocycles. The van der Waals surface area contributed by atoms with Gasteiger partial charge < -0.3 is 10.0 Å². The maximum Gasteiger partial charge on any atom is 0.240 e. The molecule has 2 rings (SSSR count). The molecule has 1 aromatic carbocycles. The van der Waals surface area contributed by atoms with Crippen LogP contribution < -0.4 is 4.72 Å². The summed E-state index contributed by atoms with van der Waals surface area (Å²) in [6.07, 6.45) is 1.68.